The lowest BCUT2D eigenvalue weighted by Crippen LogP contribution is -2.45. The molecule has 100 valence electrons. The van der Waals surface area contributed by atoms with Gasteiger partial charge in [-0.15, -0.1) is 0 Å². The lowest BCUT2D eigenvalue weighted by atomic mass is 10.1. The minimum Gasteiger partial charge on any atom is -0.387 e. The molecule has 0 aromatic heterocycles. The topological polar surface area (TPSA) is 172 Å². The zero-order chi connectivity index (χ0) is 13.2. The van der Waals surface area contributed by atoms with Crippen LogP contribution in [-0.2, 0) is 13.8 Å². The van der Waals surface area contributed by atoms with Crippen LogP contribution >= 0.6 is 7.82 Å². The average molecular weight is 272 g/mol. The van der Waals surface area contributed by atoms with E-state index in [1.165, 1.54) is 0 Å². The molecule has 1 aliphatic heterocycles. The number of carbonyl (C=O) groups excluding carboxylic acids is 1. The molecule has 1 fully saturated rings. The number of rotatable bonds is 4. The number of ether oxygens (including phenoxy) is 1. The Labute approximate surface area is 95.6 Å². The molecular formula is C6H13N2O8P. The number of nitrogens with two attached hydrogens (primary N) is 1. The minimum atomic E-state index is -4.70. The highest BCUT2D eigenvalue weighted by Gasteiger charge is 2.44. The molecule has 0 aromatic rings. The van der Waals surface area contributed by atoms with E-state index in [2.05, 4.69) is 4.52 Å². The SMILES string of the molecule is NC(=O)NC1OC(COP(=O)(O)O)C(O)C1O. The zero-order valence-corrected chi connectivity index (χ0v) is 9.36. The van der Waals surface area contributed by atoms with E-state index in [1.807, 2.05) is 5.32 Å². The molecule has 4 atom stereocenters. The van der Waals surface area contributed by atoms with Crippen molar-refractivity contribution in [3.8, 4) is 0 Å². The summed E-state index contributed by atoms with van der Waals surface area (Å²) in [6.45, 7) is -0.639. The lowest BCUT2D eigenvalue weighted by Gasteiger charge is -2.14. The number of aliphatic hydroxyl groups is 2. The van der Waals surface area contributed by atoms with Crippen LogP contribution in [0, 0.1) is 0 Å². The van der Waals surface area contributed by atoms with Crippen molar-refractivity contribution in [2.45, 2.75) is 24.5 Å². The fourth-order valence-corrected chi connectivity index (χ4v) is 1.66. The van der Waals surface area contributed by atoms with E-state index in [9.17, 15) is 19.6 Å². The number of primary amides is 1. The maximum Gasteiger partial charge on any atom is 0.469 e. The van der Waals surface area contributed by atoms with Gasteiger partial charge in [-0.1, -0.05) is 0 Å². The summed E-state index contributed by atoms with van der Waals surface area (Å²) >= 11 is 0. The summed E-state index contributed by atoms with van der Waals surface area (Å²) in [4.78, 5) is 27.4. The van der Waals surface area contributed by atoms with Crippen LogP contribution in [0.4, 0.5) is 4.79 Å². The van der Waals surface area contributed by atoms with Gasteiger partial charge in [0.05, 0.1) is 6.61 Å². The number of aliphatic hydroxyl groups excluding tert-OH is 2. The van der Waals surface area contributed by atoms with E-state index in [4.69, 9.17) is 20.3 Å². The molecule has 4 unspecified atom stereocenters. The average Bonchev–Trinajstić information content (AvgIpc) is 2.41. The van der Waals surface area contributed by atoms with Crippen molar-refractivity contribution in [3.05, 3.63) is 0 Å². The van der Waals surface area contributed by atoms with Crippen molar-refractivity contribution in [2.75, 3.05) is 6.61 Å². The highest BCUT2D eigenvalue weighted by Crippen LogP contribution is 2.36. The molecule has 17 heavy (non-hydrogen) atoms. The van der Waals surface area contributed by atoms with E-state index in [0.29, 0.717) is 0 Å². The van der Waals surface area contributed by atoms with E-state index >= 15 is 0 Å². The number of amides is 2. The third kappa shape index (κ3) is 4.21. The Morgan fingerprint density at radius 1 is 1.41 bits per heavy atom. The Morgan fingerprint density at radius 3 is 2.47 bits per heavy atom. The van der Waals surface area contributed by atoms with Gasteiger partial charge >= 0.3 is 13.9 Å². The number of hydrogen-bond donors (Lipinski definition) is 6. The monoisotopic (exact) mass is 272 g/mol. The molecule has 0 aliphatic carbocycles. The Morgan fingerprint density at radius 2 is 2.00 bits per heavy atom. The van der Waals surface area contributed by atoms with Crippen molar-refractivity contribution in [2.24, 2.45) is 5.73 Å². The fraction of sp³-hybridized carbons (Fsp3) is 0.833. The second-order valence-electron chi connectivity index (χ2n) is 3.37. The van der Waals surface area contributed by atoms with Gasteiger partial charge < -0.3 is 35.8 Å². The molecule has 2 amide bonds. The maximum atomic E-state index is 10.5. The fourth-order valence-electron chi connectivity index (χ4n) is 1.32. The Hall–Kier alpha value is -0.740. The van der Waals surface area contributed by atoms with Crippen LogP contribution in [0.15, 0.2) is 0 Å². The summed E-state index contributed by atoms with van der Waals surface area (Å²) in [7, 11) is -4.70. The number of hydrogen-bond acceptors (Lipinski definition) is 6. The van der Waals surface area contributed by atoms with Gasteiger partial charge in [0.25, 0.3) is 0 Å². The molecule has 0 radical (unpaired) electrons. The van der Waals surface area contributed by atoms with Crippen LogP contribution in [0.2, 0.25) is 0 Å². The Balaban J connectivity index is 2.53. The maximum absolute atomic E-state index is 10.5. The third-order valence-corrected chi connectivity index (χ3v) is 2.54. The molecule has 0 spiro atoms. The van der Waals surface area contributed by atoms with Gasteiger partial charge in [-0.3, -0.25) is 4.52 Å². The van der Waals surface area contributed by atoms with E-state index in [0.717, 1.165) is 0 Å². The first-order valence-corrected chi connectivity index (χ1v) is 6.01. The predicted molar refractivity (Wildman–Crippen MR) is 51.4 cm³/mol. The standard InChI is InChI=1S/C6H13N2O8P/c7-6(11)8-5-4(10)3(9)2(16-5)1-15-17(12,13)14/h2-5,9-10H,1H2,(H3,7,8,11)(H2,12,13,14). The Kier molecular flexibility index (Phi) is 4.44. The first-order chi connectivity index (χ1) is 7.70. The van der Waals surface area contributed by atoms with E-state index in [1.54, 1.807) is 0 Å². The van der Waals surface area contributed by atoms with Crippen molar-refractivity contribution in [1.29, 1.82) is 0 Å². The summed E-state index contributed by atoms with van der Waals surface area (Å²) in [6.07, 6.45) is -5.37. The molecule has 1 heterocycles. The van der Waals surface area contributed by atoms with Gasteiger partial charge in [0.15, 0.2) is 6.23 Å². The molecule has 11 heteroatoms. The molecule has 1 saturated heterocycles. The normalized spacial score (nSPS) is 33.6. The summed E-state index contributed by atoms with van der Waals surface area (Å²) < 4.78 is 19.4. The first kappa shape index (κ1) is 14.3. The van der Waals surface area contributed by atoms with Crippen molar-refractivity contribution >= 4 is 13.9 Å². The van der Waals surface area contributed by atoms with Crippen molar-refractivity contribution in [3.63, 3.8) is 0 Å². The second kappa shape index (κ2) is 5.27. The molecule has 10 nitrogen and oxygen atoms in total. The molecule has 1 aliphatic rings. The van der Waals surface area contributed by atoms with Crippen LogP contribution in [0.5, 0.6) is 0 Å². The highest BCUT2D eigenvalue weighted by molar-refractivity contribution is 7.46. The number of phosphoric acid groups is 1. The van der Waals surface area contributed by atoms with E-state index < -0.39 is 45.0 Å². The quantitative estimate of drug-likeness (QED) is 0.298. The van der Waals surface area contributed by atoms with Crippen molar-refractivity contribution in [1.82, 2.24) is 5.32 Å². The molecule has 0 aromatic carbocycles. The molecule has 0 saturated carbocycles. The van der Waals surface area contributed by atoms with E-state index in [-0.39, 0.29) is 0 Å². The largest absolute Gasteiger partial charge is 0.469 e. The molecule has 1 rings (SSSR count). The summed E-state index contributed by atoms with van der Waals surface area (Å²) in [5, 5.41) is 20.9. The van der Waals surface area contributed by atoms with Gasteiger partial charge in [0.1, 0.15) is 18.3 Å². The summed E-state index contributed by atoms with van der Waals surface area (Å²) in [5.74, 6) is 0. The van der Waals surface area contributed by atoms with Crippen LogP contribution in [0.1, 0.15) is 0 Å². The lowest BCUT2D eigenvalue weighted by molar-refractivity contribution is -0.0276. The van der Waals surface area contributed by atoms with Gasteiger partial charge in [0, 0.05) is 0 Å². The zero-order valence-electron chi connectivity index (χ0n) is 8.46. The smallest absolute Gasteiger partial charge is 0.387 e. The van der Waals surface area contributed by atoms with Crippen LogP contribution < -0.4 is 11.1 Å². The molecule has 7 N–H and O–H groups in total. The molecule has 0 bridgehead atoms. The molecular weight excluding hydrogens is 259 g/mol. The van der Waals surface area contributed by atoms with Crippen LogP contribution in [-0.4, -0.2) is 57.2 Å². The predicted octanol–water partition coefficient (Wildman–Crippen LogP) is -2.79. The first-order valence-electron chi connectivity index (χ1n) is 4.48. The van der Waals surface area contributed by atoms with Crippen LogP contribution in [0.25, 0.3) is 0 Å². The number of carbonyl (C=O) groups is 1. The number of phosphoric ester groups is 1. The summed E-state index contributed by atoms with van der Waals surface area (Å²) in [6, 6.07) is -0.974. The van der Waals surface area contributed by atoms with Gasteiger partial charge in [-0.2, -0.15) is 0 Å². The van der Waals surface area contributed by atoms with Crippen molar-refractivity contribution < 1.29 is 38.6 Å². The Bertz CT molecular complexity index is 332. The number of nitrogens with one attached hydrogen (secondary N) is 1. The van der Waals surface area contributed by atoms with Gasteiger partial charge in [-0.25, -0.2) is 9.36 Å². The second-order valence-corrected chi connectivity index (χ2v) is 4.61. The minimum absolute atomic E-state index is 0.639. The highest BCUT2D eigenvalue weighted by atomic mass is 31.2. The third-order valence-electron chi connectivity index (χ3n) is 2.05. The van der Waals surface area contributed by atoms with Gasteiger partial charge in [0.2, 0.25) is 0 Å². The van der Waals surface area contributed by atoms with Crippen LogP contribution in [0.3, 0.4) is 0 Å². The number of urea groups is 1. The summed E-state index contributed by atoms with van der Waals surface area (Å²) in [5.41, 5.74) is 4.79. The van der Waals surface area contributed by atoms with Gasteiger partial charge in [-0.05, 0) is 0 Å².